The maximum Gasteiger partial charge on any atom is 0.238 e. The van der Waals surface area contributed by atoms with E-state index < -0.39 is 0 Å². The van der Waals surface area contributed by atoms with Gasteiger partial charge in [0, 0.05) is 24.1 Å². The number of aryl methyl sites for hydroxylation is 1. The first kappa shape index (κ1) is 22.4. The van der Waals surface area contributed by atoms with Crippen LogP contribution in [0.5, 0.6) is 23.1 Å². The lowest BCUT2D eigenvalue weighted by atomic mass is 10.1. The summed E-state index contributed by atoms with van der Waals surface area (Å²) in [6, 6.07) is 16.7. The van der Waals surface area contributed by atoms with Crippen LogP contribution in [0.1, 0.15) is 12.0 Å². The smallest absolute Gasteiger partial charge is 0.238 e. The molecular weight excluding hydrogens is 442 g/mol. The predicted molar refractivity (Wildman–Crippen MR) is 128 cm³/mol. The van der Waals surface area contributed by atoms with Crippen LogP contribution in [0.2, 0.25) is 5.02 Å². The number of pyridine rings is 2. The molecule has 0 fully saturated rings. The van der Waals surface area contributed by atoms with Gasteiger partial charge < -0.3 is 19.5 Å². The number of nitrogens with zero attached hydrogens (tertiary/aromatic N) is 2. The zero-order valence-electron chi connectivity index (χ0n) is 18.2. The minimum Gasteiger partial charge on any atom is -0.493 e. The van der Waals surface area contributed by atoms with Gasteiger partial charge in [-0.15, -0.1) is 0 Å². The minimum atomic E-state index is -0.119. The molecule has 0 spiro atoms. The van der Waals surface area contributed by atoms with E-state index in [0.717, 1.165) is 5.56 Å². The van der Waals surface area contributed by atoms with Gasteiger partial charge in [0.2, 0.25) is 11.8 Å². The van der Waals surface area contributed by atoms with Gasteiger partial charge in [0.15, 0.2) is 11.5 Å². The fourth-order valence-corrected chi connectivity index (χ4v) is 3.54. The number of amides is 1. The minimum absolute atomic E-state index is 0.119. The molecule has 8 heteroatoms. The summed E-state index contributed by atoms with van der Waals surface area (Å²) in [6.45, 7) is 0. The molecule has 0 radical (unpaired) electrons. The van der Waals surface area contributed by atoms with Crippen molar-refractivity contribution >= 4 is 34.1 Å². The number of ether oxygens (including phenoxy) is 3. The zero-order chi connectivity index (χ0) is 23.2. The normalized spacial score (nSPS) is 10.6. The Labute approximate surface area is 196 Å². The van der Waals surface area contributed by atoms with Gasteiger partial charge in [-0.05, 0) is 30.2 Å². The van der Waals surface area contributed by atoms with Gasteiger partial charge in [0.05, 0.1) is 31.6 Å². The third-order valence-electron chi connectivity index (χ3n) is 4.99. The molecule has 33 heavy (non-hydrogen) atoms. The van der Waals surface area contributed by atoms with Crippen LogP contribution in [0, 0.1) is 0 Å². The second-order valence-corrected chi connectivity index (χ2v) is 7.59. The number of halogens is 1. The Morgan fingerprint density at radius 2 is 1.73 bits per heavy atom. The topological polar surface area (TPSA) is 82.6 Å². The molecule has 0 aliphatic carbocycles. The highest BCUT2D eigenvalue weighted by atomic mass is 35.5. The highest BCUT2D eigenvalue weighted by molar-refractivity contribution is 6.32. The average molecular weight is 464 g/mol. The molecule has 0 aliphatic rings. The lowest BCUT2D eigenvalue weighted by molar-refractivity contribution is -0.116. The molecular formula is C25H22ClN3O4. The first-order chi connectivity index (χ1) is 16.1. The first-order valence-electron chi connectivity index (χ1n) is 10.3. The van der Waals surface area contributed by atoms with Crippen molar-refractivity contribution in [1.29, 1.82) is 0 Å². The lowest BCUT2D eigenvalue weighted by Gasteiger charge is -2.13. The molecule has 168 valence electrons. The molecule has 1 N–H and O–H groups in total. The number of carbonyl (C=O) groups is 1. The van der Waals surface area contributed by atoms with E-state index in [1.54, 1.807) is 44.7 Å². The van der Waals surface area contributed by atoms with Crippen molar-refractivity contribution < 1.29 is 19.0 Å². The number of hydrogen-bond acceptors (Lipinski definition) is 6. The number of carbonyl (C=O) groups excluding carboxylic acids is 1. The summed E-state index contributed by atoms with van der Waals surface area (Å²) in [7, 11) is 3.13. The van der Waals surface area contributed by atoms with Crippen molar-refractivity contribution in [3.05, 3.63) is 77.6 Å². The van der Waals surface area contributed by atoms with Gasteiger partial charge in [-0.1, -0.05) is 41.9 Å². The molecule has 0 saturated carbocycles. The number of methoxy groups -OCH3 is 2. The number of anilines is 1. The van der Waals surface area contributed by atoms with E-state index in [-0.39, 0.29) is 16.8 Å². The molecule has 2 heterocycles. The fraction of sp³-hybridized carbons (Fsp3) is 0.160. The summed E-state index contributed by atoms with van der Waals surface area (Å²) in [5, 5.41) is 3.80. The van der Waals surface area contributed by atoms with Crippen LogP contribution in [0.25, 0.3) is 10.9 Å². The zero-order valence-corrected chi connectivity index (χ0v) is 18.9. The molecule has 2 aromatic heterocycles. The second kappa shape index (κ2) is 10.2. The summed E-state index contributed by atoms with van der Waals surface area (Å²) >= 11 is 6.39. The molecule has 0 bridgehead atoms. The Morgan fingerprint density at radius 1 is 0.970 bits per heavy atom. The van der Waals surface area contributed by atoms with Gasteiger partial charge in [-0.25, -0.2) is 4.98 Å². The second-order valence-electron chi connectivity index (χ2n) is 7.18. The third kappa shape index (κ3) is 5.32. The quantitative estimate of drug-likeness (QED) is 0.363. The van der Waals surface area contributed by atoms with Gasteiger partial charge in [0.1, 0.15) is 10.8 Å². The summed E-state index contributed by atoms with van der Waals surface area (Å²) in [6.07, 6.45) is 4.14. The lowest BCUT2D eigenvalue weighted by Crippen LogP contribution is -2.12. The van der Waals surface area contributed by atoms with E-state index in [0.29, 0.717) is 46.7 Å². The Bertz CT molecular complexity index is 1280. The monoisotopic (exact) mass is 463 g/mol. The Balaban J connectivity index is 1.48. The molecule has 0 unspecified atom stereocenters. The molecule has 2 aromatic carbocycles. The maximum absolute atomic E-state index is 12.3. The van der Waals surface area contributed by atoms with Crippen LogP contribution in [-0.4, -0.2) is 30.1 Å². The molecule has 7 nitrogen and oxygen atoms in total. The molecule has 4 aromatic rings. The summed E-state index contributed by atoms with van der Waals surface area (Å²) in [5.74, 6) is 1.72. The Morgan fingerprint density at radius 3 is 2.45 bits per heavy atom. The van der Waals surface area contributed by atoms with E-state index in [2.05, 4.69) is 15.3 Å². The van der Waals surface area contributed by atoms with Crippen LogP contribution in [-0.2, 0) is 11.2 Å². The Kier molecular flexibility index (Phi) is 6.90. The van der Waals surface area contributed by atoms with Crippen molar-refractivity contribution in [1.82, 2.24) is 9.97 Å². The number of aromatic nitrogens is 2. The SMILES string of the molecule is COc1cc2nccc(Oc3ncc(NC(=O)CCc4ccccc4)cc3Cl)c2cc1OC. The van der Waals surface area contributed by atoms with Crippen LogP contribution in [0.3, 0.4) is 0 Å². The van der Waals surface area contributed by atoms with Crippen molar-refractivity contribution in [2.24, 2.45) is 0 Å². The van der Waals surface area contributed by atoms with Crippen molar-refractivity contribution in [2.45, 2.75) is 12.8 Å². The number of benzene rings is 2. The summed E-state index contributed by atoms with van der Waals surface area (Å²) in [4.78, 5) is 20.9. The van der Waals surface area contributed by atoms with Gasteiger partial charge in [-0.3, -0.25) is 9.78 Å². The standard InChI is InChI=1S/C25H22ClN3O4/c1-31-22-13-18-20(14-23(22)32-2)27-11-10-21(18)33-25-19(26)12-17(15-28-25)29-24(30)9-8-16-6-4-3-5-7-16/h3-7,10-15H,8-9H2,1-2H3,(H,29,30). The third-order valence-corrected chi connectivity index (χ3v) is 5.26. The number of rotatable bonds is 8. The Hall–Kier alpha value is -3.84. The average Bonchev–Trinajstić information content (AvgIpc) is 2.84. The highest BCUT2D eigenvalue weighted by Gasteiger charge is 2.14. The fourth-order valence-electron chi connectivity index (χ4n) is 3.34. The predicted octanol–water partition coefficient (Wildman–Crippen LogP) is 5.66. The van der Waals surface area contributed by atoms with Crippen molar-refractivity contribution in [3.8, 4) is 23.1 Å². The molecule has 0 saturated heterocycles. The molecule has 4 rings (SSSR count). The van der Waals surface area contributed by atoms with E-state index in [4.69, 9.17) is 25.8 Å². The van der Waals surface area contributed by atoms with E-state index >= 15 is 0 Å². The summed E-state index contributed by atoms with van der Waals surface area (Å²) < 4.78 is 16.7. The first-order valence-corrected chi connectivity index (χ1v) is 10.6. The molecule has 0 aliphatic heterocycles. The van der Waals surface area contributed by atoms with Gasteiger partial charge in [0.25, 0.3) is 0 Å². The van der Waals surface area contributed by atoms with Gasteiger partial charge in [-0.2, -0.15) is 0 Å². The van der Waals surface area contributed by atoms with Gasteiger partial charge >= 0.3 is 0 Å². The largest absolute Gasteiger partial charge is 0.493 e. The van der Waals surface area contributed by atoms with E-state index in [1.165, 1.54) is 6.20 Å². The van der Waals surface area contributed by atoms with Crippen molar-refractivity contribution in [2.75, 3.05) is 19.5 Å². The van der Waals surface area contributed by atoms with E-state index in [1.807, 2.05) is 30.3 Å². The number of nitrogens with one attached hydrogen (secondary N) is 1. The number of fused-ring (bicyclic) bond motifs is 1. The van der Waals surface area contributed by atoms with Crippen LogP contribution < -0.4 is 19.5 Å². The van der Waals surface area contributed by atoms with E-state index in [9.17, 15) is 4.79 Å². The van der Waals surface area contributed by atoms with Crippen LogP contribution >= 0.6 is 11.6 Å². The summed E-state index contributed by atoms with van der Waals surface area (Å²) in [5.41, 5.74) is 2.27. The highest BCUT2D eigenvalue weighted by Crippen LogP contribution is 2.38. The van der Waals surface area contributed by atoms with Crippen LogP contribution in [0.15, 0.2) is 67.0 Å². The van der Waals surface area contributed by atoms with Crippen molar-refractivity contribution in [3.63, 3.8) is 0 Å². The molecule has 0 atom stereocenters. The molecule has 1 amide bonds. The van der Waals surface area contributed by atoms with Crippen LogP contribution in [0.4, 0.5) is 5.69 Å². The number of hydrogen-bond donors (Lipinski definition) is 1. The maximum atomic E-state index is 12.3.